The molecule has 132 valence electrons. The van der Waals surface area contributed by atoms with Crippen LogP contribution in [0.4, 0.5) is 0 Å². The van der Waals surface area contributed by atoms with Gasteiger partial charge in [0.1, 0.15) is 0 Å². The predicted molar refractivity (Wildman–Crippen MR) is 100 cm³/mol. The Morgan fingerprint density at radius 2 is 1.78 bits per heavy atom. The van der Waals surface area contributed by atoms with E-state index in [0.717, 1.165) is 24.5 Å². The Bertz CT molecular complexity index is 386. The molecule has 0 aromatic rings. The first-order valence-electron chi connectivity index (χ1n) is 8.86. The number of allylic oxidation sites excluding steroid dienone is 2. The van der Waals surface area contributed by atoms with Crippen molar-refractivity contribution in [3.8, 4) is 0 Å². The lowest BCUT2D eigenvalue weighted by atomic mass is 9.81. The predicted octanol–water partition coefficient (Wildman–Crippen LogP) is 4.47. The van der Waals surface area contributed by atoms with Gasteiger partial charge in [0, 0.05) is 18.3 Å². The fraction of sp³-hybridized carbons (Fsp3) is 0.833. The number of hydrogen-bond acceptors (Lipinski definition) is 4. The molecule has 0 radical (unpaired) electrons. The molecule has 2 aliphatic rings. The highest BCUT2D eigenvalue weighted by Crippen LogP contribution is 2.46. The maximum Gasteiger partial charge on any atom is 0.303 e. The zero-order valence-corrected chi connectivity index (χ0v) is 15.7. The van der Waals surface area contributed by atoms with Gasteiger partial charge in [-0.2, -0.15) is 23.5 Å². The number of rotatable bonds is 12. The number of unbranched alkanes of at least 4 members (excludes halogenated alkanes) is 1. The smallest absolute Gasteiger partial charge is 0.303 e. The van der Waals surface area contributed by atoms with E-state index >= 15 is 0 Å². The summed E-state index contributed by atoms with van der Waals surface area (Å²) in [6, 6.07) is 0. The van der Waals surface area contributed by atoms with Crippen LogP contribution in [0.5, 0.6) is 0 Å². The Hall–Kier alpha value is -0.130. The van der Waals surface area contributed by atoms with Crippen LogP contribution in [0.3, 0.4) is 0 Å². The molecule has 0 spiro atoms. The monoisotopic (exact) mass is 358 g/mol. The highest BCUT2D eigenvalue weighted by Gasteiger charge is 2.48. The molecule has 0 amide bonds. The number of aliphatic carboxylic acids is 1. The summed E-state index contributed by atoms with van der Waals surface area (Å²) >= 11 is 4.08. The summed E-state index contributed by atoms with van der Waals surface area (Å²) in [4.78, 5) is 10.5. The van der Waals surface area contributed by atoms with Crippen molar-refractivity contribution in [1.29, 1.82) is 0 Å². The fourth-order valence-corrected chi connectivity index (χ4v) is 6.08. The van der Waals surface area contributed by atoms with E-state index in [4.69, 9.17) is 9.84 Å². The Morgan fingerprint density at radius 3 is 2.39 bits per heavy atom. The van der Waals surface area contributed by atoms with E-state index in [9.17, 15) is 4.79 Å². The van der Waals surface area contributed by atoms with Crippen LogP contribution in [0.1, 0.15) is 45.4 Å². The highest BCUT2D eigenvalue weighted by atomic mass is 32.2. The van der Waals surface area contributed by atoms with Crippen LogP contribution >= 0.6 is 23.5 Å². The van der Waals surface area contributed by atoms with Crippen LogP contribution < -0.4 is 0 Å². The Kier molecular flexibility index (Phi) is 8.91. The van der Waals surface area contributed by atoms with Gasteiger partial charge >= 0.3 is 5.97 Å². The molecule has 23 heavy (non-hydrogen) atoms. The molecule has 2 bridgehead atoms. The number of ether oxygens (including phenoxy) is 1. The van der Waals surface area contributed by atoms with Gasteiger partial charge < -0.3 is 9.84 Å². The Morgan fingerprint density at radius 1 is 1.13 bits per heavy atom. The fourth-order valence-electron chi connectivity index (χ4n) is 3.57. The summed E-state index contributed by atoms with van der Waals surface area (Å²) in [7, 11) is 0. The number of carbonyl (C=O) groups is 1. The summed E-state index contributed by atoms with van der Waals surface area (Å²) in [5.74, 6) is 5.50. The number of carboxylic acids is 1. The number of hydrogen-bond donors (Lipinski definition) is 1. The van der Waals surface area contributed by atoms with Crippen LogP contribution in [0.2, 0.25) is 0 Å². The third-order valence-electron chi connectivity index (χ3n) is 4.80. The van der Waals surface area contributed by atoms with E-state index in [1.54, 1.807) is 0 Å². The van der Waals surface area contributed by atoms with Crippen molar-refractivity contribution in [3.05, 3.63) is 12.2 Å². The van der Waals surface area contributed by atoms with Gasteiger partial charge in [-0.15, -0.1) is 0 Å². The highest BCUT2D eigenvalue weighted by molar-refractivity contribution is 7.99. The maximum atomic E-state index is 10.5. The second kappa shape index (κ2) is 10.7. The summed E-state index contributed by atoms with van der Waals surface area (Å²) < 4.78 is 6.17. The van der Waals surface area contributed by atoms with Crippen LogP contribution in [-0.2, 0) is 9.53 Å². The molecular weight excluding hydrogens is 328 g/mol. The van der Waals surface area contributed by atoms with Gasteiger partial charge in [-0.05, 0) is 62.0 Å². The zero-order chi connectivity index (χ0) is 16.5. The molecule has 5 heteroatoms. The second-order valence-electron chi connectivity index (χ2n) is 6.48. The van der Waals surface area contributed by atoms with Crippen molar-refractivity contribution < 1.29 is 14.6 Å². The van der Waals surface area contributed by atoms with E-state index in [1.165, 1.54) is 36.5 Å². The molecule has 2 heterocycles. The normalized spacial score (nSPS) is 29.6. The van der Waals surface area contributed by atoms with Gasteiger partial charge in [0.2, 0.25) is 0 Å². The first-order chi connectivity index (χ1) is 11.2. The van der Waals surface area contributed by atoms with Gasteiger partial charge in [0.15, 0.2) is 0 Å². The summed E-state index contributed by atoms with van der Waals surface area (Å²) in [6.07, 6.45) is 11.2. The third-order valence-corrected chi connectivity index (χ3v) is 7.15. The standard InChI is InChI=1S/C18H30O3S2/c1-2-3-5-10-22-12-14-15(17-9-8-16(14)21-17)13-23-11-6-4-7-18(19)20/h2-3,14-17H,4-13H2,1H3,(H,19,20)/t14-,15+,16-,17+/m1/s1. The van der Waals surface area contributed by atoms with E-state index in [-0.39, 0.29) is 0 Å². The van der Waals surface area contributed by atoms with Gasteiger partial charge in [-0.1, -0.05) is 12.2 Å². The first-order valence-corrected chi connectivity index (χ1v) is 11.2. The second-order valence-corrected chi connectivity index (χ2v) is 8.78. The summed E-state index contributed by atoms with van der Waals surface area (Å²) in [5.41, 5.74) is 0. The molecule has 0 aromatic heterocycles. The first kappa shape index (κ1) is 19.2. The average Bonchev–Trinajstić information content (AvgIpc) is 3.12. The summed E-state index contributed by atoms with van der Waals surface area (Å²) in [6.45, 7) is 2.08. The van der Waals surface area contributed by atoms with E-state index in [1.807, 2.05) is 11.8 Å². The molecule has 2 aliphatic heterocycles. The molecule has 0 unspecified atom stereocenters. The van der Waals surface area contributed by atoms with E-state index in [2.05, 4.69) is 30.8 Å². The Balaban J connectivity index is 1.63. The molecule has 2 rings (SSSR count). The molecule has 0 aromatic carbocycles. The van der Waals surface area contributed by atoms with Gasteiger partial charge in [-0.3, -0.25) is 4.79 Å². The molecule has 0 saturated carbocycles. The lowest BCUT2D eigenvalue weighted by Crippen LogP contribution is -2.30. The van der Waals surface area contributed by atoms with Crippen LogP contribution in [0.15, 0.2) is 12.2 Å². The largest absolute Gasteiger partial charge is 0.481 e. The van der Waals surface area contributed by atoms with Gasteiger partial charge in [-0.25, -0.2) is 0 Å². The number of carboxylic acid groups (broad SMARTS) is 1. The number of thioether (sulfide) groups is 2. The van der Waals surface area contributed by atoms with Crippen molar-refractivity contribution in [1.82, 2.24) is 0 Å². The van der Waals surface area contributed by atoms with Gasteiger partial charge in [0.05, 0.1) is 12.2 Å². The average molecular weight is 359 g/mol. The van der Waals surface area contributed by atoms with E-state index < -0.39 is 5.97 Å². The SMILES string of the molecule is CC=CCCSC[C@@H]1[C@H](CSCCCCC(=O)O)[C@@H]2CC[C@H]1O2. The zero-order valence-electron chi connectivity index (χ0n) is 14.1. The molecule has 2 fully saturated rings. The molecule has 2 saturated heterocycles. The van der Waals surface area contributed by atoms with Crippen LogP contribution in [-0.4, -0.2) is 46.3 Å². The molecule has 3 nitrogen and oxygen atoms in total. The lowest BCUT2D eigenvalue weighted by Gasteiger charge is -2.27. The maximum absolute atomic E-state index is 10.5. The summed E-state index contributed by atoms with van der Waals surface area (Å²) in [5, 5.41) is 8.66. The molecular formula is C18H30O3S2. The van der Waals surface area contributed by atoms with Crippen molar-refractivity contribution in [3.63, 3.8) is 0 Å². The number of fused-ring (bicyclic) bond motifs is 2. The third kappa shape index (κ3) is 6.35. The topological polar surface area (TPSA) is 46.5 Å². The van der Waals surface area contributed by atoms with E-state index in [0.29, 0.717) is 24.5 Å². The van der Waals surface area contributed by atoms with Crippen LogP contribution in [0, 0.1) is 11.8 Å². The molecule has 4 atom stereocenters. The van der Waals surface area contributed by atoms with Crippen molar-refractivity contribution >= 4 is 29.5 Å². The van der Waals surface area contributed by atoms with Gasteiger partial charge in [0.25, 0.3) is 0 Å². The molecule has 1 N–H and O–H groups in total. The minimum absolute atomic E-state index is 0.309. The minimum atomic E-state index is -0.675. The molecule has 0 aliphatic carbocycles. The minimum Gasteiger partial charge on any atom is -0.481 e. The quantitative estimate of drug-likeness (QED) is 0.412. The van der Waals surface area contributed by atoms with Crippen molar-refractivity contribution in [2.45, 2.75) is 57.7 Å². The van der Waals surface area contributed by atoms with Crippen molar-refractivity contribution in [2.75, 3.05) is 23.0 Å². The Labute approximate surface area is 149 Å². The van der Waals surface area contributed by atoms with Crippen molar-refractivity contribution in [2.24, 2.45) is 11.8 Å². The van der Waals surface area contributed by atoms with Crippen LogP contribution in [0.25, 0.3) is 0 Å². The lowest BCUT2D eigenvalue weighted by molar-refractivity contribution is -0.137.